The molecule has 2 aromatic carbocycles. The molecule has 2 aromatic rings. The summed E-state index contributed by atoms with van der Waals surface area (Å²) in [5.41, 5.74) is 1.84. The maximum absolute atomic E-state index is 14.0. The molecule has 1 heterocycles. The second-order valence-electron chi connectivity index (χ2n) is 7.97. The molecule has 0 radical (unpaired) electrons. The van der Waals surface area contributed by atoms with Gasteiger partial charge in [0.2, 0.25) is 5.91 Å². The highest BCUT2D eigenvalue weighted by Gasteiger charge is 2.43. The van der Waals surface area contributed by atoms with E-state index in [9.17, 15) is 9.18 Å². The molecule has 4 rings (SSSR count). The summed E-state index contributed by atoms with van der Waals surface area (Å²) in [7, 11) is 0. The van der Waals surface area contributed by atoms with Crippen molar-refractivity contribution in [1.82, 2.24) is 15.1 Å². The largest absolute Gasteiger partial charge is 0.355 e. The van der Waals surface area contributed by atoms with E-state index in [2.05, 4.69) is 27.2 Å². The van der Waals surface area contributed by atoms with Crippen molar-refractivity contribution in [3.8, 4) is 0 Å². The Morgan fingerprint density at radius 3 is 2.48 bits per heavy atom. The van der Waals surface area contributed by atoms with Crippen LogP contribution in [0.2, 0.25) is 5.02 Å². The summed E-state index contributed by atoms with van der Waals surface area (Å²) in [6, 6.07) is 15.1. The van der Waals surface area contributed by atoms with E-state index in [-0.39, 0.29) is 17.6 Å². The van der Waals surface area contributed by atoms with E-state index >= 15 is 0 Å². The summed E-state index contributed by atoms with van der Waals surface area (Å²) in [5, 5.41) is 3.59. The van der Waals surface area contributed by atoms with Gasteiger partial charge in [0, 0.05) is 62.3 Å². The molecule has 1 aliphatic carbocycles. The number of nitrogens with zero attached hydrogens (tertiary/aromatic N) is 2. The Kier molecular flexibility index (Phi) is 6.48. The number of hydrogen-bond acceptors (Lipinski definition) is 3. The highest BCUT2D eigenvalue weighted by Crippen LogP contribution is 2.47. The molecule has 2 aliphatic rings. The second kappa shape index (κ2) is 9.24. The molecule has 1 amide bonds. The minimum atomic E-state index is -0.239. The van der Waals surface area contributed by atoms with Crippen LogP contribution in [0.3, 0.4) is 0 Å². The fourth-order valence-corrected chi connectivity index (χ4v) is 4.32. The van der Waals surface area contributed by atoms with Gasteiger partial charge in [0.25, 0.3) is 0 Å². The fourth-order valence-electron chi connectivity index (χ4n) is 4.10. The van der Waals surface area contributed by atoms with E-state index in [0.29, 0.717) is 29.6 Å². The zero-order valence-corrected chi connectivity index (χ0v) is 17.2. The number of amides is 1. The number of rotatable bonds is 7. The van der Waals surface area contributed by atoms with Crippen LogP contribution in [0.25, 0.3) is 0 Å². The van der Waals surface area contributed by atoms with Crippen LogP contribution in [0.15, 0.2) is 48.5 Å². The van der Waals surface area contributed by atoms with Crippen molar-refractivity contribution in [3.63, 3.8) is 0 Å². The molecule has 1 saturated carbocycles. The first-order valence-electron chi connectivity index (χ1n) is 10.3. The third-order valence-corrected chi connectivity index (χ3v) is 6.34. The lowest BCUT2D eigenvalue weighted by Crippen LogP contribution is -2.48. The highest BCUT2D eigenvalue weighted by molar-refractivity contribution is 6.31. The minimum Gasteiger partial charge on any atom is -0.355 e. The van der Waals surface area contributed by atoms with Crippen LogP contribution in [-0.2, 0) is 11.3 Å². The van der Waals surface area contributed by atoms with Crippen molar-refractivity contribution in [1.29, 1.82) is 0 Å². The number of hydrogen-bond donors (Lipinski definition) is 1. The third-order valence-electron chi connectivity index (χ3n) is 5.99. The molecule has 154 valence electrons. The van der Waals surface area contributed by atoms with Gasteiger partial charge in [-0.25, -0.2) is 4.39 Å². The van der Waals surface area contributed by atoms with Crippen molar-refractivity contribution in [2.45, 2.75) is 18.9 Å². The quantitative estimate of drug-likeness (QED) is 0.751. The number of carbonyl (C=O) groups excluding carboxylic acids is 1. The molecule has 2 atom stereocenters. The Morgan fingerprint density at radius 1 is 1.03 bits per heavy atom. The van der Waals surface area contributed by atoms with Gasteiger partial charge in [0.15, 0.2) is 0 Å². The van der Waals surface area contributed by atoms with Crippen LogP contribution in [-0.4, -0.2) is 55.0 Å². The molecule has 2 fully saturated rings. The smallest absolute Gasteiger partial charge is 0.223 e. The van der Waals surface area contributed by atoms with E-state index in [1.54, 1.807) is 12.1 Å². The maximum Gasteiger partial charge on any atom is 0.223 e. The monoisotopic (exact) mass is 415 g/mol. The van der Waals surface area contributed by atoms with Crippen molar-refractivity contribution >= 4 is 17.5 Å². The van der Waals surface area contributed by atoms with Crippen LogP contribution < -0.4 is 5.32 Å². The van der Waals surface area contributed by atoms with E-state index in [0.717, 1.165) is 39.1 Å². The SMILES string of the molecule is O=C(NCCN1CCN(Cc2c(F)cccc2Cl)CC1)[C@H]1C[C@@H]1c1ccccc1. The Bertz CT molecular complexity index is 819. The van der Waals surface area contributed by atoms with Crippen molar-refractivity contribution in [3.05, 3.63) is 70.5 Å². The predicted molar refractivity (Wildman–Crippen MR) is 113 cm³/mol. The number of halogens is 2. The van der Waals surface area contributed by atoms with E-state index in [4.69, 9.17) is 11.6 Å². The fraction of sp³-hybridized carbons (Fsp3) is 0.435. The molecule has 0 bridgehead atoms. The lowest BCUT2D eigenvalue weighted by molar-refractivity contribution is -0.122. The zero-order valence-electron chi connectivity index (χ0n) is 16.5. The van der Waals surface area contributed by atoms with Crippen molar-refractivity contribution < 1.29 is 9.18 Å². The Hall–Kier alpha value is -1.95. The number of benzene rings is 2. The average molecular weight is 416 g/mol. The van der Waals surface area contributed by atoms with Gasteiger partial charge in [0.05, 0.1) is 0 Å². The van der Waals surface area contributed by atoms with Gasteiger partial charge in [-0.3, -0.25) is 14.6 Å². The molecule has 1 aliphatic heterocycles. The van der Waals surface area contributed by atoms with Gasteiger partial charge in [-0.15, -0.1) is 0 Å². The first-order valence-corrected chi connectivity index (χ1v) is 10.7. The van der Waals surface area contributed by atoms with Gasteiger partial charge in [-0.05, 0) is 30.0 Å². The summed E-state index contributed by atoms with van der Waals surface area (Å²) < 4.78 is 14.0. The molecule has 0 unspecified atom stereocenters. The summed E-state index contributed by atoms with van der Waals surface area (Å²) in [5.74, 6) is 0.438. The van der Waals surface area contributed by atoms with Crippen molar-refractivity contribution in [2.75, 3.05) is 39.3 Å². The van der Waals surface area contributed by atoms with Crippen LogP contribution in [0.4, 0.5) is 4.39 Å². The summed E-state index contributed by atoms with van der Waals surface area (Å²) in [4.78, 5) is 16.9. The third kappa shape index (κ3) is 5.16. The van der Waals surface area contributed by atoms with Crippen LogP contribution in [0.5, 0.6) is 0 Å². The van der Waals surface area contributed by atoms with Gasteiger partial charge in [-0.1, -0.05) is 48.0 Å². The molecular formula is C23H27ClFN3O. The molecule has 1 N–H and O–H groups in total. The number of nitrogens with one attached hydrogen (secondary N) is 1. The van der Waals surface area contributed by atoms with Crippen molar-refractivity contribution in [2.24, 2.45) is 5.92 Å². The van der Waals surface area contributed by atoms with Gasteiger partial charge in [-0.2, -0.15) is 0 Å². The summed E-state index contributed by atoms with van der Waals surface area (Å²) in [6.45, 7) is 5.64. The van der Waals surface area contributed by atoms with Crippen LogP contribution in [0.1, 0.15) is 23.5 Å². The maximum atomic E-state index is 14.0. The topological polar surface area (TPSA) is 35.6 Å². The first kappa shape index (κ1) is 20.3. The second-order valence-corrected chi connectivity index (χ2v) is 8.38. The molecule has 4 nitrogen and oxygen atoms in total. The standard InChI is InChI=1S/C23H27ClFN3O/c24-21-7-4-8-22(25)20(21)16-28-13-11-27(12-14-28)10-9-26-23(29)19-15-18(19)17-5-2-1-3-6-17/h1-8,18-19H,9-16H2,(H,26,29)/t18-,19+/m1/s1. The highest BCUT2D eigenvalue weighted by atomic mass is 35.5. The molecule has 0 spiro atoms. The van der Waals surface area contributed by atoms with E-state index in [1.807, 2.05) is 18.2 Å². The van der Waals surface area contributed by atoms with E-state index in [1.165, 1.54) is 11.6 Å². The predicted octanol–water partition coefficient (Wildman–Crippen LogP) is 3.52. The lowest BCUT2D eigenvalue weighted by atomic mass is 10.1. The molecule has 1 saturated heterocycles. The minimum absolute atomic E-state index is 0.125. The molecule has 6 heteroatoms. The number of carbonyl (C=O) groups is 1. The molecule has 29 heavy (non-hydrogen) atoms. The van der Waals surface area contributed by atoms with E-state index < -0.39 is 0 Å². The van der Waals surface area contributed by atoms with Gasteiger partial charge < -0.3 is 5.32 Å². The Labute approximate surface area is 176 Å². The van der Waals surface area contributed by atoms with Gasteiger partial charge in [0.1, 0.15) is 5.82 Å². The Balaban J connectivity index is 1.15. The average Bonchev–Trinajstić information content (AvgIpc) is 3.54. The summed E-state index contributed by atoms with van der Waals surface area (Å²) in [6.07, 6.45) is 0.952. The van der Waals surface area contributed by atoms with Crippen LogP contribution >= 0.6 is 11.6 Å². The Morgan fingerprint density at radius 2 is 1.76 bits per heavy atom. The van der Waals surface area contributed by atoms with Gasteiger partial charge >= 0.3 is 0 Å². The summed E-state index contributed by atoms with van der Waals surface area (Å²) >= 11 is 6.14. The lowest BCUT2D eigenvalue weighted by Gasteiger charge is -2.34. The molecular weight excluding hydrogens is 389 g/mol. The normalized spacial score (nSPS) is 22.4. The zero-order chi connectivity index (χ0) is 20.2. The van der Waals surface area contributed by atoms with Crippen LogP contribution in [0, 0.1) is 11.7 Å². The first-order chi connectivity index (χ1) is 14.1. The number of piperazine rings is 1. The molecule has 0 aromatic heterocycles.